The molecule has 19 heavy (non-hydrogen) atoms. The van der Waals surface area contributed by atoms with Crippen molar-refractivity contribution in [2.24, 2.45) is 0 Å². The van der Waals surface area contributed by atoms with Crippen molar-refractivity contribution >= 4 is 27.3 Å². The van der Waals surface area contributed by atoms with Crippen LogP contribution in [0.3, 0.4) is 0 Å². The number of nitrogens with one attached hydrogen (secondary N) is 1. The molecule has 2 aromatic rings. The fraction of sp³-hybridized carbons (Fsp3) is 0.333. The van der Waals surface area contributed by atoms with Crippen molar-refractivity contribution in [3.63, 3.8) is 0 Å². The summed E-state index contributed by atoms with van der Waals surface area (Å²) >= 11 is 5.23. The van der Waals surface area contributed by atoms with Crippen molar-refractivity contribution in [3.8, 4) is 0 Å². The predicted octanol–water partition coefficient (Wildman–Crippen LogP) is 4.97. The maximum Gasteiger partial charge on any atom is 0.126 e. The van der Waals surface area contributed by atoms with Crippen LogP contribution < -0.4 is 5.32 Å². The van der Waals surface area contributed by atoms with E-state index in [1.54, 1.807) is 24.3 Å². The first-order chi connectivity index (χ1) is 9.02. The van der Waals surface area contributed by atoms with Gasteiger partial charge in [-0.1, -0.05) is 19.1 Å². The minimum atomic E-state index is -0.146. The Morgan fingerprint density at radius 1 is 1.32 bits per heavy atom. The van der Waals surface area contributed by atoms with Crippen molar-refractivity contribution in [3.05, 3.63) is 55.4 Å². The highest BCUT2D eigenvalue weighted by molar-refractivity contribution is 9.11. The molecule has 0 amide bonds. The maximum atomic E-state index is 13.8. The van der Waals surface area contributed by atoms with Crippen LogP contribution in [0.15, 0.2) is 28.1 Å². The van der Waals surface area contributed by atoms with Gasteiger partial charge in [0.15, 0.2) is 0 Å². The summed E-state index contributed by atoms with van der Waals surface area (Å²) in [5.74, 6) is -0.146. The number of rotatable bonds is 4. The third-order valence-corrected chi connectivity index (χ3v) is 4.74. The van der Waals surface area contributed by atoms with E-state index in [4.69, 9.17) is 0 Å². The summed E-state index contributed by atoms with van der Waals surface area (Å²) in [6, 6.07) is 7.63. The zero-order chi connectivity index (χ0) is 14.0. The molecule has 0 aliphatic carbocycles. The summed E-state index contributed by atoms with van der Waals surface area (Å²) in [6.07, 6.45) is 0. The van der Waals surface area contributed by atoms with Gasteiger partial charge >= 0.3 is 0 Å². The van der Waals surface area contributed by atoms with Gasteiger partial charge in [-0.3, -0.25) is 0 Å². The first-order valence-corrected chi connectivity index (χ1v) is 7.89. The summed E-state index contributed by atoms with van der Waals surface area (Å²) in [7, 11) is 0. The Hall–Kier alpha value is -0.710. The quantitative estimate of drug-likeness (QED) is 0.828. The van der Waals surface area contributed by atoms with Crippen LogP contribution in [0.4, 0.5) is 4.39 Å². The van der Waals surface area contributed by atoms with Crippen molar-refractivity contribution in [1.29, 1.82) is 0 Å². The smallest absolute Gasteiger partial charge is 0.126 e. The number of hydrogen-bond donors (Lipinski definition) is 1. The molecule has 0 aliphatic heterocycles. The van der Waals surface area contributed by atoms with Gasteiger partial charge in [-0.15, -0.1) is 11.3 Å². The third kappa shape index (κ3) is 3.25. The van der Waals surface area contributed by atoms with E-state index in [0.717, 1.165) is 15.9 Å². The average molecular weight is 342 g/mol. The van der Waals surface area contributed by atoms with Gasteiger partial charge in [0.05, 0.1) is 9.83 Å². The van der Waals surface area contributed by atoms with E-state index in [2.05, 4.69) is 41.2 Å². The highest BCUT2D eigenvalue weighted by Crippen LogP contribution is 2.34. The molecule has 0 bridgehead atoms. The molecule has 4 heteroatoms. The molecule has 1 nitrogen and oxygen atoms in total. The topological polar surface area (TPSA) is 12.0 Å². The number of thiophene rings is 1. The Morgan fingerprint density at radius 2 is 2.05 bits per heavy atom. The van der Waals surface area contributed by atoms with E-state index in [-0.39, 0.29) is 11.9 Å². The fourth-order valence-electron chi connectivity index (χ4n) is 2.15. The van der Waals surface area contributed by atoms with E-state index in [1.807, 2.05) is 12.1 Å². The van der Waals surface area contributed by atoms with Crippen LogP contribution in [0.5, 0.6) is 0 Å². The number of aryl methyl sites for hydroxylation is 2. The molecule has 1 N–H and O–H groups in total. The Kier molecular flexibility index (Phi) is 4.76. The van der Waals surface area contributed by atoms with Gasteiger partial charge in [0.2, 0.25) is 0 Å². The normalized spacial score (nSPS) is 12.7. The summed E-state index contributed by atoms with van der Waals surface area (Å²) in [6.45, 7) is 6.79. The first-order valence-electron chi connectivity index (χ1n) is 6.28. The van der Waals surface area contributed by atoms with Gasteiger partial charge in [0, 0.05) is 4.88 Å². The second-order valence-electron chi connectivity index (χ2n) is 4.56. The molecule has 0 saturated carbocycles. The molecule has 1 aromatic carbocycles. The van der Waals surface area contributed by atoms with Crippen molar-refractivity contribution in [2.75, 3.05) is 6.54 Å². The van der Waals surface area contributed by atoms with Crippen molar-refractivity contribution < 1.29 is 4.39 Å². The highest BCUT2D eigenvalue weighted by atomic mass is 79.9. The van der Waals surface area contributed by atoms with Crippen LogP contribution in [-0.4, -0.2) is 6.54 Å². The van der Waals surface area contributed by atoms with Gasteiger partial charge in [-0.05, 0) is 65.1 Å². The molecule has 102 valence electrons. The maximum absolute atomic E-state index is 13.8. The minimum absolute atomic E-state index is 0.0441. The lowest BCUT2D eigenvalue weighted by Gasteiger charge is -2.19. The lowest BCUT2D eigenvalue weighted by molar-refractivity contribution is 0.597. The molecule has 1 unspecified atom stereocenters. The monoisotopic (exact) mass is 341 g/mol. The van der Waals surface area contributed by atoms with Crippen molar-refractivity contribution in [2.45, 2.75) is 26.8 Å². The Morgan fingerprint density at radius 3 is 2.58 bits per heavy atom. The summed E-state index contributed by atoms with van der Waals surface area (Å²) < 4.78 is 14.9. The number of hydrogen-bond acceptors (Lipinski definition) is 2. The first kappa shape index (κ1) is 14.7. The van der Waals surface area contributed by atoms with Crippen LogP contribution in [0.25, 0.3) is 0 Å². The van der Waals surface area contributed by atoms with Gasteiger partial charge < -0.3 is 5.32 Å². The van der Waals surface area contributed by atoms with E-state index in [9.17, 15) is 4.39 Å². The molecule has 0 saturated heterocycles. The van der Waals surface area contributed by atoms with Crippen LogP contribution in [0.1, 0.15) is 34.5 Å². The number of benzene rings is 1. The van der Waals surface area contributed by atoms with Crippen LogP contribution >= 0.6 is 27.3 Å². The van der Waals surface area contributed by atoms with Crippen molar-refractivity contribution in [1.82, 2.24) is 5.32 Å². The Balaban J connectivity index is 2.44. The van der Waals surface area contributed by atoms with Crippen LogP contribution in [0.2, 0.25) is 0 Å². The highest BCUT2D eigenvalue weighted by Gasteiger charge is 2.18. The molecule has 0 spiro atoms. The minimum Gasteiger partial charge on any atom is -0.306 e. The number of halogens is 2. The Labute approximate surface area is 126 Å². The zero-order valence-electron chi connectivity index (χ0n) is 11.3. The second-order valence-corrected chi connectivity index (χ2v) is 7.20. The summed E-state index contributed by atoms with van der Waals surface area (Å²) in [5, 5.41) is 3.44. The lowest BCUT2D eigenvalue weighted by Crippen LogP contribution is -2.22. The van der Waals surface area contributed by atoms with Crippen LogP contribution in [0, 0.1) is 19.7 Å². The summed E-state index contributed by atoms with van der Waals surface area (Å²) in [5.41, 5.74) is 2.86. The lowest BCUT2D eigenvalue weighted by atomic mass is 9.98. The fourth-order valence-corrected chi connectivity index (χ4v) is 3.89. The molecule has 0 fully saturated rings. The second kappa shape index (κ2) is 6.16. The molecular formula is C15H17BrFNS. The largest absolute Gasteiger partial charge is 0.306 e. The van der Waals surface area contributed by atoms with E-state index >= 15 is 0 Å². The van der Waals surface area contributed by atoms with Gasteiger partial charge in [0.1, 0.15) is 5.82 Å². The van der Waals surface area contributed by atoms with Crippen LogP contribution in [-0.2, 0) is 0 Å². The molecule has 1 heterocycles. The average Bonchev–Trinajstić information content (AvgIpc) is 2.69. The zero-order valence-corrected chi connectivity index (χ0v) is 13.7. The molecule has 0 aliphatic rings. The van der Waals surface area contributed by atoms with E-state index < -0.39 is 0 Å². The molecule has 0 radical (unpaired) electrons. The van der Waals surface area contributed by atoms with E-state index in [0.29, 0.717) is 5.56 Å². The van der Waals surface area contributed by atoms with Gasteiger partial charge in [-0.2, -0.15) is 0 Å². The molecule has 1 atom stereocenters. The van der Waals surface area contributed by atoms with Gasteiger partial charge in [-0.25, -0.2) is 4.39 Å². The van der Waals surface area contributed by atoms with E-state index in [1.165, 1.54) is 10.4 Å². The molecular weight excluding hydrogens is 325 g/mol. The SMILES string of the molecule is CCNC(c1ccc(C)c(F)c1)c1cc(Br)sc1C. The predicted molar refractivity (Wildman–Crippen MR) is 83.4 cm³/mol. The third-order valence-electron chi connectivity index (χ3n) is 3.17. The standard InChI is InChI=1S/C15H17BrFNS/c1-4-18-15(12-8-14(16)19-10(12)3)11-6-5-9(2)13(17)7-11/h5-8,15,18H,4H2,1-3H3. The Bertz CT molecular complexity index is 580. The summed E-state index contributed by atoms with van der Waals surface area (Å²) in [4.78, 5) is 1.25. The molecule has 1 aromatic heterocycles. The van der Waals surface area contributed by atoms with Gasteiger partial charge in [0.25, 0.3) is 0 Å². The molecule has 2 rings (SSSR count).